The fraction of sp³-hybridized carbons (Fsp3) is 0.312. The van der Waals surface area contributed by atoms with Crippen LogP contribution in [0.3, 0.4) is 0 Å². The first kappa shape index (κ1) is 15.0. The molecule has 0 aliphatic heterocycles. The molecule has 1 N–H and O–H groups in total. The number of ether oxygens (including phenoxy) is 1. The molecule has 1 aromatic carbocycles. The zero-order valence-corrected chi connectivity index (χ0v) is 12.3. The van der Waals surface area contributed by atoms with Gasteiger partial charge >= 0.3 is 12.0 Å². The van der Waals surface area contributed by atoms with E-state index in [1.54, 1.807) is 24.3 Å². The summed E-state index contributed by atoms with van der Waals surface area (Å²) in [5, 5.41) is 8.93. The summed E-state index contributed by atoms with van der Waals surface area (Å²) in [6.45, 7) is 5.97. The molecular weight excluding hydrogens is 268 g/mol. The summed E-state index contributed by atoms with van der Waals surface area (Å²) in [7, 11) is 0. The van der Waals surface area contributed by atoms with Crippen LogP contribution in [0.1, 0.15) is 36.7 Å². The van der Waals surface area contributed by atoms with Gasteiger partial charge in [-0.1, -0.05) is 32.0 Å². The Morgan fingerprint density at radius 1 is 1.29 bits per heavy atom. The van der Waals surface area contributed by atoms with Crippen LogP contribution in [0, 0.1) is 6.92 Å². The number of carboxylic acid groups (broad SMARTS) is 1. The fourth-order valence-electron chi connectivity index (χ4n) is 1.92. The van der Waals surface area contributed by atoms with E-state index in [2.05, 4.69) is 9.97 Å². The van der Waals surface area contributed by atoms with Crippen molar-refractivity contribution in [2.75, 3.05) is 0 Å². The van der Waals surface area contributed by atoms with E-state index in [1.165, 1.54) is 0 Å². The molecule has 0 aliphatic carbocycles. The van der Waals surface area contributed by atoms with Gasteiger partial charge in [0, 0.05) is 11.3 Å². The lowest BCUT2D eigenvalue weighted by atomic mass is 10.1. The van der Waals surface area contributed by atoms with Crippen LogP contribution in [0.4, 0.5) is 0 Å². The van der Waals surface area contributed by atoms with Crippen molar-refractivity contribution in [3.05, 3.63) is 47.3 Å². The molecule has 0 aliphatic rings. The monoisotopic (exact) mass is 286 g/mol. The van der Waals surface area contributed by atoms with E-state index in [9.17, 15) is 4.79 Å². The van der Waals surface area contributed by atoms with E-state index in [0.717, 1.165) is 11.4 Å². The number of aryl methyl sites for hydroxylation is 1. The Kier molecular flexibility index (Phi) is 4.52. The third-order valence-electron chi connectivity index (χ3n) is 2.96. The Hall–Kier alpha value is -2.43. The van der Waals surface area contributed by atoms with Crippen molar-refractivity contribution in [2.45, 2.75) is 33.1 Å². The number of nitrogens with zero attached hydrogens (tertiary/aromatic N) is 2. The predicted molar refractivity (Wildman–Crippen MR) is 78.7 cm³/mol. The van der Waals surface area contributed by atoms with Gasteiger partial charge in [0.2, 0.25) is 0 Å². The van der Waals surface area contributed by atoms with Crippen LogP contribution in [0.2, 0.25) is 0 Å². The minimum Gasteiger partial charge on any atom is -0.481 e. The molecular formula is C16H18N2O3. The maximum absolute atomic E-state index is 10.9. The van der Waals surface area contributed by atoms with Crippen molar-refractivity contribution in [3.8, 4) is 11.8 Å². The standard InChI is InChI=1S/C16H18N2O3/c1-10(2)13-8-11(3)17-16(18-13)21-14-7-5-4-6-12(14)9-15(19)20/h4-8,10H,9H2,1-3H3,(H,19,20). The van der Waals surface area contributed by atoms with Crippen LogP contribution in [-0.2, 0) is 11.2 Å². The van der Waals surface area contributed by atoms with Gasteiger partial charge in [-0.15, -0.1) is 0 Å². The van der Waals surface area contributed by atoms with Crippen molar-refractivity contribution in [3.63, 3.8) is 0 Å². The number of aliphatic carboxylic acids is 1. The number of hydrogen-bond acceptors (Lipinski definition) is 4. The summed E-state index contributed by atoms with van der Waals surface area (Å²) in [4.78, 5) is 19.5. The van der Waals surface area contributed by atoms with Crippen molar-refractivity contribution >= 4 is 5.97 Å². The molecule has 5 heteroatoms. The highest BCUT2D eigenvalue weighted by Gasteiger charge is 2.11. The van der Waals surface area contributed by atoms with E-state index >= 15 is 0 Å². The van der Waals surface area contributed by atoms with Gasteiger partial charge < -0.3 is 9.84 Å². The molecule has 5 nitrogen and oxygen atoms in total. The van der Waals surface area contributed by atoms with Crippen LogP contribution >= 0.6 is 0 Å². The summed E-state index contributed by atoms with van der Waals surface area (Å²) in [6.07, 6.45) is -0.0982. The molecule has 0 atom stereocenters. The summed E-state index contributed by atoms with van der Waals surface area (Å²) in [5.74, 6) is -0.164. The molecule has 110 valence electrons. The molecule has 0 radical (unpaired) electrons. The smallest absolute Gasteiger partial charge is 0.322 e. The SMILES string of the molecule is Cc1cc(C(C)C)nc(Oc2ccccc2CC(=O)O)n1. The molecule has 0 saturated carbocycles. The number of rotatable bonds is 5. The van der Waals surface area contributed by atoms with E-state index in [4.69, 9.17) is 9.84 Å². The first-order valence-electron chi connectivity index (χ1n) is 6.79. The topological polar surface area (TPSA) is 72.3 Å². The molecule has 0 amide bonds. The minimum atomic E-state index is -0.904. The Morgan fingerprint density at radius 2 is 2.00 bits per heavy atom. The van der Waals surface area contributed by atoms with Crippen LogP contribution < -0.4 is 4.74 Å². The molecule has 2 rings (SSSR count). The quantitative estimate of drug-likeness (QED) is 0.912. The van der Waals surface area contributed by atoms with E-state index in [-0.39, 0.29) is 18.3 Å². The summed E-state index contributed by atoms with van der Waals surface area (Å²) < 4.78 is 5.70. The third-order valence-corrected chi connectivity index (χ3v) is 2.96. The molecule has 21 heavy (non-hydrogen) atoms. The van der Waals surface area contributed by atoms with Gasteiger partial charge in [-0.25, -0.2) is 4.98 Å². The van der Waals surface area contributed by atoms with E-state index in [1.807, 2.05) is 26.8 Å². The average molecular weight is 286 g/mol. The van der Waals surface area contributed by atoms with Gasteiger partial charge in [0.05, 0.1) is 12.1 Å². The maximum atomic E-state index is 10.9. The second-order valence-electron chi connectivity index (χ2n) is 5.15. The first-order chi connectivity index (χ1) is 9.95. The van der Waals surface area contributed by atoms with Crippen molar-refractivity contribution in [2.24, 2.45) is 0 Å². The minimum absolute atomic E-state index is 0.0982. The van der Waals surface area contributed by atoms with Gasteiger partial charge in [-0.05, 0) is 25.0 Å². The molecule has 2 aromatic rings. The number of carboxylic acids is 1. The zero-order chi connectivity index (χ0) is 15.4. The predicted octanol–water partition coefficient (Wildman–Crippen LogP) is 3.33. The highest BCUT2D eigenvalue weighted by atomic mass is 16.5. The van der Waals surface area contributed by atoms with E-state index < -0.39 is 5.97 Å². The average Bonchev–Trinajstić information content (AvgIpc) is 2.39. The second kappa shape index (κ2) is 6.35. The Labute approximate surface area is 123 Å². The largest absolute Gasteiger partial charge is 0.481 e. The normalized spacial score (nSPS) is 10.7. The van der Waals surface area contributed by atoms with Crippen molar-refractivity contribution < 1.29 is 14.6 Å². The van der Waals surface area contributed by atoms with Gasteiger partial charge in [0.25, 0.3) is 0 Å². The summed E-state index contributed by atoms with van der Waals surface area (Å²) in [5.41, 5.74) is 2.31. The Bertz CT molecular complexity index is 654. The number of carbonyl (C=O) groups is 1. The lowest BCUT2D eigenvalue weighted by Crippen LogP contribution is -2.04. The lowest BCUT2D eigenvalue weighted by molar-refractivity contribution is -0.136. The van der Waals surface area contributed by atoms with Gasteiger partial charge in [0.1, 0.15) is 5.75 Å². The van der Waals surface area contributed by atoms with E-state index in [0.29, 0.717) is 11.3 Å². The van der Waals surface area contributed by atoms with Crippen LogP contribution in [0.15, 0.2) is 30.3 Å². The molecule has 0 fully saturated rings. The van der Waals surface area contributed by atoms with Crippen LogP contribution in [-0.4, -0.2) is 21.0 Å². The second-order valence-corrected chi connectivity index (χ2v) is 5.15. The molecule has 1 aromatic heterocycles. The summed E-state index contributed by atoms with van der Waals surface area (Å²) in [6, 6.07) is 9.18. The Balaban J connectivity index is 2.32. The summed E-state index contributed by atoms with van der Waals surface area (Å²) >= 11 is 0. The molecule has 0 bridgehead atoms. The van der Waals surface area contributed by atoms with Crippen LogP contribution in [0.5, 0.6) is 11.8 Å². The van der Waals surface area contributed by atoms with Crippen LogP contribution in [0.25, 0.3) is 0 Å². The number of hydrogen-bond donors (Lipinski definition) is 1. The third kappa shape index (κ3) is 4.02. The highest BCUT2D eigenvalue weighted by Crippen LogP contribution is 2.25. The van der Waals surface area contributed by atoms with Gasteiger partial charge in [-0.2, -0.15) is 4.98 Å². The number of benzene rings is 1. The highest BCUT2D eigenvalue weighted by molar-refractivity contribution is 5.71. The molecule has 0 spiro atoms. The fourth-order valence-corrected chi connectivity index (χ4v) is 1.92. The van der Waals surface area contributed by atoms with Gasteiger partial charge in [-0.3, -0.25) is 4.79 Å². The van der Waals surface area contributed by atoms with Crippen molar-refractivity contribution in [1.82, 2.24) is 9.97 Å². The molecule has 0 unspecified atom stereocenters. The Morgan fingerprint density at radius 3 is 2.67 bits per heavy atom. The number of para-hydroxylation sites is 1. The van der Waals surface area contributed by atoms with Gasteiger partial charge in [0.15, 0.2) is 0 Å². The maximum Gasteiger partial charge on any atom is 0.322 e. The number of aromatic nitrogens is 2. The van der Waals surface area contributed by atoms with Crippen molar-refractivity contribution in [1.29, 1.82) is 0 Å². The first-order valence-corrected chi connectivity index (χ1v) is 6.79. The molecule has 1 heterocycles. The zero-order valence-electron chi connectivity index (χ0n) is 12.3. The molecule has 0 saturated heterocycles. The lowest BCUT2D eigenvalue weighted by Gasteiger charge is -2.11.